The zero-order chi connectivity index (χ0) is 20.7. The summed E-state index contributed by atoms with van der Waals surface area (Å²) < 4.78 is 7.15. The van der Waals surface area contributed by atoms with Gasteiger partial charge >= 0.3 is 5.97 Å². The van der Waals surface area contributed by atoms with E-state index in [4.69, 9.17) is 4.74 Å². The highest BCUT2D eigenvalue weighted by atomic mass is 32.1. The van der Waals surface area contributed by atoms with E-state index in [-0.39, 0.29) is 23.5 Å². The topological polar surface area (TPSA) is 95.6 Å². The zero-order valence-electron chi connectivity index (χ0n) is 16.1. The first-order valence-corrected chi connectivity index (χ1v) is 9.79. The molecule has 28 heavy (non-hydrogen) atoms. The third kappa shape index (κ3) is 4.81. The van der Waals surface area contributed by atoms with Crippen molar-refractivity contribution in [3.63, 3.8) is 0 Å². The van der Waals surface area contributed by atoms with Crippen molar-refractivity contribution in [2.24, 2.45) is 0 Å². The van der Waals surface area contributed by atoms with Crippen LogP contribution in [0.1, 0.15) is 26.7 Å². The van der Waals surface area contributed by atoms with Gasteiger partial charge in [0.1, 0.15) is 21.0 Å². The Labute approximate surface area is 167 Å². The number of carbonyl (C=O) groups is 1. The summed E-state index contributed by atoms with van der Waals surface area (Å²) in [6.07, 6.45) is 3.28. The number of rotatable bonds is 7. The average molecular weight is 401 g/mol. The Morgan fingerprint density at radius 3 is 2.61 bits per heavy atom. The monoisotopic (exact) mass is 401 g/mol. The number of carbonyl (C=O) groups excluding carboxylic acids is 1. The van der Waals surface area contributed by atoms with Crippen LogP contribution in [0.3, 0.4) is 0 Å². The SMILES string of the molecule is CCCCn1c(=O)/c(=C\N(C)c2ccc(O)cc2)s/c1=C(/C#N)C(=O)OCC. The van der Waals surface area contributed by atoms with Gasteiger partial charge in [-0.25, -0.2) is 4.79 Å². The first-order valence-electron chi connectivity index (χ1n) is 8.97. The predicted molar refractivity (Wildman–Crippen MR) is 109 cm³/mol. The molecule has 0 spiro atoms. The molecule has 0 radical (unpaired) electrons. The minimum atomic E-state index is -0.727. The number of thiazole rings is 1. The second kappa shape index (κ2) is 9.76. The van der Waals surface area contributed by atoms with Gasteiger partial charge in [-0.1, -0.05) is 13.3 Å². The molecule has 148 valence electrons. The van der Waals surface area contributed by atoms with Gasteiger partial charge in [-0.3, -0.25) is 9.36 Å². The van der Waals surface area contributed by atoms with Crippen LogP contribution in [0.2, 0.25) is 0 Å². The smallest absolute Gasteiger partial charge is 0.351 e. The summed E-state index contributed by atoms with van der Waals surface area (Å²) >= 11 is 1.09. The Kier molecular flexibility index (Phi) is 7.41. The number of benzene rings is 1. The van der Waals surface area contributed by atoms with E-state index in [0.29, 0.717) is 15.7 Å². The third-order valence-electron chi connectivity index (χ3n) is 4.02. The Morgan fingerprint density at radius 1 is 1.36 bits per heavy atom. The van der Waals surface area contributed by atoms with E-state index in [9.17, 15) is 20.0 Å². The highest BCUT2D eigenvalue weighted by molar-refractivity contribution is 7.07. The molecule has 8 heteroatoms. The van der Waals surface area contributed by atoms with Crippen LogP contribution in [0.15, 0.2) is 29.1 Å². The first-order chi connectivity index (χ1) is 13.4. The van der Waals surface area contributed by atoms with Crippen LogP contribution in [-0.4, -0.2) is 29.3 Å². The number of phenols is 1. The van der Waals surface area contributed by atoms with E-state index >= 15 is 0 Å². The first kappa shape index (κ1) is 21.3. The highest BCUT2D eigenvalue weighted by Crippen LogP contribution is 2.17. The minimum absolute atomic E-state index is 0.150. The van der Waals surface area contributed by atoms with Crippen molar-refractivity contribution in [3.05, 3.63) is 43.8 Å². The average Bonchev–Trinajstić information content (AvgIpc) is 2.97. The number of esters is 1. The van der Waals surface area contributed by atoms with Crippen molar-refractivity contribution >= 4 is 34.8 Å². The molecule has 1 aromatic heterocycles. The molecular weight excluding hydrogens is 378 g/mol. The number of nitrogens with zero attached hydrogens (tertiary/aromatic N) is 3. The van der Waals surface area contributed by atoms with Gasteiger partial charge in [0.05, 0.1) is 6.61 Å². The Morgan fingerprint density at radius 2 is 2.04 bits per heavy atom. The fourth-order valence-electron chi connectivity index (χ4n) is 2.54. The lowest BCUT2D eigenvalue weighted by atomic mass is 10.3. The number of anilines is 1. The number of ether oxygens (including phenoxy) is 1. The summed E-state index contributed by atoms with van der Waals surface area (Å²) in [6, 6.07) is 8.45. The van der Waals surface area contributed by atoms with Gasteiger partial charge in [0.25, 0.3) is 5.56 Å². The van der Waals surface area contributed by atoms with Gasteiger partial charge in [0.2, 0.25) is 0 Å². The van der Waals surface area contributed by atoms with E-state index in [2.05, 4.69) is 0 Å². The van der Waals surface area contributed by atoms with Crippen molar-refractivity contribution in [3.8, 4) is 11.8 Å². The largest absolute Gasteiger partial charge is 0.508 e. The van der Waals surface area contributed by atoms with Crippen LogP contribution in [0.5, 0.6) is 5.75 Å². The molecule has 1 N–H and O–H groups in total. The van der Waals surface area contributed by atoms with E-state index in [1.807, 2.05) is 13.0 Å². The van der Waals surface area contributed by atoms with Crippen LogP contribution in [0.4, 0.5) is 5.69 Å². The number of unbranched alkanes of at least 4 members (excludes halogenated alkanes) is 1. The summed E-state index contributed by atoms with van der Waals surface area (Å²) in [7, 11) is 1.78. The van der Waals surface area contributed by atoms with E-state index in [1.165, 1.54) is 4.57 Å². The van der Waals surface area contributed by atoms with Gasteiger partial charge in [-0.2, -0.15) is 5.26 Å². The number of nitriles is 1. The summed E-state index contributed by atoms with van der Waals surface area (Å²) in [5, 5.41) is 18.9. The molecule has 1 heterocycles. The molecule has 0 saturated heterocycles. The molecule has 0 saturated carbocycles. The minimum Gasteiger partial charge on any atom is -0.508 e. The summed E-state index contributed by atoms with van der Waals surface area (Å²) in [5.74, 6) is -0.574. The number of hydrogen-bond acceptors (Lipinski definition) is 7. The van der Waals surface area contributed by atoms with Gasteiger partial charge < -0.3 is 14.7 Å². The maximum atomic E-state index is 12.9. The van der Waals surface area contributed by atoms with Crippen molar-refractivity contribution in [1.29, 1.82) is 5.26 Å². The van der Waals surface area contributed by atoms with E-state index in [1.54, 1.807) is 49.3 Å². The zero-order valence-corrected chi connectivity index (χ0v) is 17.0. The molecule has 0 aliphatic rings. The Bertz CT molecular complexity index is 1050. The Hall–Kier alpha value is -3.05. The molecule has 1 aromatic carbocycles. The lowest BCUT2D eigenvalue weighted by Crippen LogP contribution is -2.34. The number of aromatic hydroxyl groups is 1. The quantitative estimate of drug-likeness (QED) is 0.707. The summed E-state index contributed by atoms with van der Waals surface area (Å²) in [6.45, 7) is 4.24. The summed E-state index contributed by atoms with van der Waals surface area (Å²) in [5.41, 5.74) is 0.366. The molecular formula is C20H23N3O4S. The second-order valence-corrected chi connectivity index (χ2v) is 7.08. The van der Waals surface area contributed by atoms with Crippen molar-refractivity contribution < 1.29 is 14.6 Å². The van der Waals surface area contributed by atoms with E-state index < -0.39 is 5.97 Å². The number of phenolic OH excluding ortho intramolecular Hbond substituents is 1. The van der Waals surface area contributed by atoms with E-state index in [0.717, 1.165) is 29.9 Å². The van der Waals surface area contributed by atoms with Crippen LogP contribution < -0.4 is 19.7 Å². The van der Waals surface area contributed by atoms with Crippen LogP contribution >= 0.6 is 11.3 Å². The van der Waals surface area contributed by atoms with Crippen LogP contribution in [-0.2, 0) is 16.1 Å². The molecule has 2 rings (SSSR count). The van der Waals surface area contributed by atoms with Crippen LogP contribution in [0, 0.1) is 11.3 Å². The lowest BCUT2D eigenvalue weighted by molar-refractivity contribution is -0.136. The highest BCUT2D eigenvalue weighted by Gasteiger charge is 2.17. The summed E-state index contributed by atoms with van der Waals surface area (Å²) in [4.78, 5) is 26.8. The number of aromatic nitrogens is 1. The molecule has 0 unspecified atom stereocenters. The molecule has 0 fully saturated rings. The van der Waals surface area contributed by atoms with Gasteiger partial charge in [-0.15, -0.1) is 11.3 Å². The third-order valence-corrected chi connectivity index (χ3v) is 5.13. The van der Waals surface area contributed by atoms with Gasteiger partial charge in [0, 0.05) is 25.5 Å². The maximum Gasteiger partial charge on any atom is 0.351 e. The van der Waals surface area contributed by atoms with Crippen molar-refractivity contribution in [2.45, 2.75) is 33.2 Å². The molecule has 0 aliphatic carbocycles. The molecule has 0 atom stereocenters. The molecule has 0 aliphatic heterocycles. The fraction of sp³-hybridized carbons (Fsp3) is 0.350. The van der Waals surface area contributed by atoms with Gasteiger partial charge in [0.15, 0.2) is 5.57 Å². The standard InChI is InChI=1S/C20H23N3O4S/c1-4-6-11-23-18(25)17(13-22(3)14-7-9-15(24)10-8-14)28-19(23)16(12-21)20(26)27-5-2/h7-10,13,24H,4-6,11H2,1-3H3/b17-13+,19-16-. The normalized spacial score (nSPS) is 12.4. The van der Waals surface area contributed by atoms with Crippen molar-refractivity contribution in [1.82, 2.24) is 4.57 Å². The predicted octanol–water partition coefficient (Wildman–Crippen LogP) is 1.53. The van der Waals surface area contributed by atoms with Crippen LogP contribution in [0.25, 0.3) is 11.8 Å². The van der Waals surface area contributed by atoms with Gasteiger partial charge in [-0.05, 0) is 37.6 Å². The Balaban J connectivity index is 2.65. The fourth-order valence-corrected chi connectivity index (χ4v) is 3.67. The second-order valence-electron chi connectivity index (χ2n) is 6.05. The maximum absolute atomic E-state index is 12.9. The molecule has 2 aromatic rings. The lowest BCUT2D eigenvalue weighted by Gasteiger charge is -2.13. The molecule has 7 nitrogen and oxygen atoms in total. The number of hydrogen-bond donors (Lipinski definition) is 1. The van der Waals surface area contributed by atoms with Crippen molar-refractivity contribution in [2.75, 3.05) is 18.6 Å². The molecule has 0 bridgehead atoms. The molecule has 0 amide bonds.